The Labute approximate surface area is 67.2 Å². The highest BCUT2D eigenvalue weighted by Crippen LogP contribution is 1.66. The average molecular weight is 175 g/mol. The van der Waals surface area contributed by atoms with Crippen LogP contribution in [0.2, 0.25) is 0 Å². The zero-order valence-corrected chi connectivity index (χ0v) is 6.85. The lowest BCUT2D eigenvalue weighted by Gasteiger charge is -1.93. The SMILES string of the molecule is CCCNC(N)=O.Cl.Cl. The maximum absolute atomic E-state index is 9.87. The number of hydrogen-bond acceptors (Lipinski definition) is 1. The van der Waals surface area contributed by atoms with Gasteiger partial charge >= 0.3 is 6.03 Å². The number of hydrogen-bond donors (Lipinski definition) is 2. The second kappa shape index (κ2) is 10.8. The minimum Gasteiger partial charge on any atom is -0.352 e. The van der Waals surface area contributed by atoms with E-state index in [-0.39, 0.29) is 24.8 Å². The molecule has 3 nitrogen and oxygen atoms in total. The minimum absolute atomic E-state index is 0. The molecule has 9 heavy (non-hydrogen) atoms. The largest absolute Gasteiger partial charge is 0.352 e. The Morgan fingerprint density at radius 3 is 2.11 bits per heavy atom. The van der Waals surface area contributed by atoms with Gasteiger partial charge in [-0.25, -0.2) is 4.79 Å². The summed E-state index contributed by atoms with van der Waals surface area (Å²) in [5, 5.41) is 2.43. The summed E-state index contributed by atoms with van der Waals surface area (Å²) in [7, 11) is 0. The molecule has 0 atom stereocenters. The van der Waals surface area contributed by atoms with Gasteiger partial charge in [-0.2, -0.15) is 0 Å². The van der Waals surface area contributed by atoms with Gasteiger partial charge in [0.15, 0.2) is 0 Å². The first-order valence-electron chi connectivity index (χ1n) is 2.30. The van der Waals surface area contributed by atoms with Crippen molar-refractivity contribution < 1.29 is 4.79 Å². The van der Waals surface area contributed by atoms with Crippen LogP contribution >= 0.6 is 24.8 Å². The average Bonchev–Trinajstić information content (AvgIpc) is 1.61. The summed E-state index contributed by atoms with van der Waals surface area (Å²) in [6.07, 6.45) is 0.933. The Morgan fingerprint density at radius 2 is 2.00 bits per heavy atom. The predicted molar refractivity (Wildman–Crippen MR) is 42.4 cm³/mol. The monoisotopic (exact) mass is 174 g/mol. The molecule has 2 amide bonds. The molecule has 0 unspecified atom stereocenters. The van der Waals surface area contributed by atoms with Gasteiger partial charge in [-0.3, -0.25) is 0 Å². The lowest BCUT2D eigenvalue weighted by molar-refractivity contribution is 0.249. The maximum atomic E-state index is 9.87. The number of amides is 2. The number of rotatable bonds is 2. The highest BCUT2D eigenvalue weighted by molar-refractivity contribution is 5.85. The topological polar surface area (TPSA) is 55.1 Å². The van der Waals surface area contributed by atoms with Crippen molar-refractivity contribution in [3.05, 3.63) is 0 Å². The molecule has 0 aromatic heterocycles. The van der Waals surface area contributed by atoms with E-state index in [1.807, 2.05) is 6.92 Å². The maximum Gasteiger partial charge on any atom is 0.312 e. The van der Waals surface area contributed by atoms with E-state index in [0.29, 0.717) is 6.54 Å². The molecule has 0 aliphatic rings. The normalized spacial score (nSPS) is 6.33. The van der Waals surface area contributed by atoms with E-state index in [4.69, 9.17) is 5.73 Å². The van der Waals surface area contributed by atoms with Crippen LogP contribution in [0.1, 0.15) is 13.3 Å². The molecule has 5 heteroatoms. The third kappa shape index (κ3) is 18.1. The molecule has 0 heterocycles. The van der Waals surface area contributed by atoms with Crippen LogP contribution < -0.4 is 11.1 Å². The molecule has 0 fully saturated rings. The second-order valence-corrected chi connectivity index (χ2v) is 1.29. The van der Waals surface area contributed by atoms with Crippen LogP contribution in [-0.2, 0) is 0 Å². The lowest BCUT2D eigenvalue weighted by atomic mass is 10.5. The van der Waals surface area contributed by atoms with Gasteiger partial charge in [0.25, 0.3) is 0 Å². The van der Waals surface area contributed by atoms with Crippen LogP contribution in [0.4, 0.5) is 4.79 Å². The Morgan fingerprint density at radius 1 is 1.56 bits per heavy atom. The van der Waals surface area contributed by atoms with Crippen LogP contribution in [0.25, 0.3) is 0 Å². The van der Waals surface area contributed by atoms with E-state index >= 15 is 0 Å². The predicted octanol–water partition coefficient (Wildman–Crippen LogP) is 0.908. The number of carbonyl (C=O) groups is 1. The fourth-order valence-corrected chi connectivity index (χ4v) is 0.248. The Kier molecular flexibility index (Phi) is 19.1. The first kappa shape index (κ1) is 15.9. The lowest BCUT2D eigenvalue weighted by Crippen LogP contribution is -2.29. The zero-order chi connectivity index (χ0) is 5.70. The van der Waals surface area contributed by atoms with Gasteiger partial charge in [0.2, 0.25) is 0 Å². The van der Waals surface area contributed by atoms with Gasteiger partial charge < -0.3 is 11.1 Å². The van der Waals surface area contributed by atoms with Gasteiger partial charge in [0, 0.05) is 6.54 Å². The van der Waals surface area contributed by atoms with E-state index < -0.39 is 6.03 Å². The molecule has 0 aromatic carbocycles. The van der Waals surface area contributed by atoms with Gasteiger partial charge in [-0.05, 0) is 6.42 Å². The second-order valence-electron chi connectivity index (χ2n) is 1.29. The quantitative estimate of drug-likeness (QED) is 0.643. The van der Waals surface area contributed by atoms with E-state index in [9.17, 15) is 4.79 Å². The van der Waals surface area contributed by atoms with Gasteiger partial charge in [-0.15, -0.1) is 24.8 Å². The molecule has 0 saturated heterocycles. The summed E-state index contributed by atoms with van der Waals surface area (Å²) in [6, 6.07) is -0.443. The summed E-state index contributed by atoms with van der Waals surface area (Å²) >= 11 is 0. The Bertz CT molecular complexity index is 69.6. The summed E-state index contributed by atoms with van der Waals surface area (Å²) in [6.45, 7) is 2.64. The third-order valence-electron chi connectivity index (χ3n) is 0.549. The molecule has 0 aliphatic carbocycles. The Balaban J connectivity index is -0.000000180. The smallest absolute Gasteiger partial charge is 0.312 e. The number of urea groups is 1. The Hall–Kier alpha value is -0.150. The number of carbonyl (C=O) groups excluding carboxylic acids is 1. The van der Waals surface area contributed by atoms with Crippen LogP contribution in [0.15, 0.2) is 0 Å². The summed E-state index contributed by atoms with van der Waals surface area (Å²) in [5.41, 5.74) is 4.73. The molecular weight excluding hydrogens is 163 g/mol. The van der Waals surface area contributed by atoms with Crippen molar-refractivity contribution in [2.45, 2.75) is 13.3 Å². The zero-order valence-electron chi connectivity index (χ0n) is 5.22. The fraction of sp³-hybridized carbons (Fsp3) is 0.750. The summed E-state index contributed by atoms with van der Waals surface area (Å²) < 4.78 is 0. The molecule has 0 saturated carbocycles. The number of nitrogens with one attached hydrogen (secondary N) is 1. The van der Waals surface area contributed by atoms with Crippen LogP contribution in [0.3, 0.4) is 0 Å². The summed E-state index contributed by atoms with van der Waals surface area (Å²) in [4.78, 5) is 9.87. The van der Waals surface area contributed by atoms with E-state index in [2.05, 4.69) is 5.32 Å². The number of primary amides is 1. The van der Waals surface area contributed by atoms with Crippen LogP contribution in [0.5, 0.6) is 0 Å². The van der Waals surface area contributed by atoms with E-state index in [1.54, 1.807) is 0 Å². The molecular formula is C4H12Cl2N2O. The molecule has 0 bridgehead atoms. The van der Waals surface area contributed by atoms with Crippen LogP contribution in [0, 0.1) is 0 Å². The van der Waals surface area contributed by atoms with Crippen molar-refractivity contribution >= 4 is 30.8 Å². The van der Waals surface area contributed by atoms with Gasteiger partial charge in [0.1, 0.15) is 0 Å². The van der Waals surface area contributed by atoms with Gasteiger partial charge in [-0.1, -0.05) is 6.92 Å². The molecule has 0 aromatic rings. The fourth-order valence-electron chi connectivity index (χ4n) is 0.248. The van der Waals surface area contributed by atoms with Gasteiger partial charge in [0.05, 0.1) is 0 Å². The van der Waals surface area contributed by atoms with Crippen molar-refractivity contribution in [1.82, 2.24) is 5.32 Å². The summed E-state index contributed by atoms with van der Waals surface area (Å²) in [5.74, 6) is 0. The highest BCUT2D eigenvalue weighted by atomic mass is 35.5. The molecule has 0 rings (SSSR count). The van der Waals surface area contributed by atoms with E-state index in [0.717, 1.165) is 6.42 Å². The molecule has 58 valence electrons. The van der Waals surface area contributed by atoms with Crippen molar-refractivity contribution in [2.24, 2.45) is 5.73 Å². The number of nitrogens with two attached hydrogens (primary N) is 1. The van der Waals surface area contributed by atoms with Crippen molar-refractivity contribution in [3.63, 3.8) is 0 Å². The molecule has 3 N–H and O–H groups in total. The van der Waals surface area contributed by atoms with Crippen molar-refractivity contribution in [2.75, 3.05) is 6.54 Å². The first-order valence-corrected chi connectivity index (χ1v) is 2.30. The van der Waals surface area contributed by atoms with Crippen molar-refractivity contribution in [1.29, 1.82) is 0 Å². The van der Waals surface area contributed by atoms with E-state index in [1.165, 1.54) is 0 Å². The molecule has 0 spiro atoms. The number of halogens is 2. The third-order valence-corrected chi connectivity index (χ3v) is 0.549. The first-order chi connectivity index (χ1) is 3.27. The molecule has 0 aliphatic heterocycles. The molecule has 0 radical (unpaired) electrons. The van der Waals surface area contributed by atoms with Crippen molar-refractivity contribution in [3.8, 4) is 0 Å². The van der Waals surface area contributed by atoms with Crippen LogP contribution in [-0.4, -0.2) is 12.6 Å². The minimum atomic E-state index is -0.443. The highest BCUT2D eigenvalue weighted by Gasteiger charge is 1.83. The standard InChI is InChI=1S/C4H10N2O.2ClH/c1-2-3-6-4(5)7;;/h2-3H2,1H3,(H3,5,6,7);2*1H.